The van der Waals surface area contributed by atoms with Crippen LogP contribution in [0, 0.1) is 0 Å². The molecule has 0 saturated carbocycles. The molecule has 0 bridgehead atoms. The number of nitrogens with two attached hydrogens (primary N) is 1. The van der Waals surface area contributed by atoms with Gasteiger partial charge >= 0.3 is 6.55 Å². The van der Waals surface area contributed by atoms with Crippen molar-refractivity contribution >= 4 is 40.9 Å². The number of hydrogen-bond donors (Lipinski definition) is 2. The zero-order valence-electron chi connectivity index (χ0n) is 18.1. The van der Waals surface area contributed by atoms with Crippen molar-refractivity contribution in [1.82, 2.24) is 20.1 Å². The largest absolute Gasteiger partial charge is 0.363 e. The van der Waals surface area contributed by atoms with Crippen LogP contribution in [0.15, 0.2) is 73.1 Å². The quantitative estimate of drug-likeness (QED) is 0.360. The highest BCUT2D eigenvalue weighted by Crippen LogP contribution is 2.27. The highest BCUT2D eigenvalue weighted by Gasteiger charge is 2.28. The molecule has 1 atom stereocenters. The van der Waals surface area contributed by atoms with Gasteiger partial charge in [-0.1, -0.05) is 42.5 Å². The summed E-state index contributed by atoms with van der Waals surface area (Å²) < 4.78 is 27.2. The maximum Gasteiger partial charge on any atom is 0.333 e. The van der Waals surface area contributed by atoms with Crippen molar-refractivity contribution in [3.8, 4) is 11.3 Å². The Morgan fingerprint density at radius 3 is 2.46 bits per heavy atom. The van der Waals surface area contributed by atoms with Crippen LogP contribution in [0.5, 0.6) is 0 Å². The fourth-order valence-electron chi connectivity index (χ4n) is 3.56. The highest BCUT2D eigenvalue weighted by molar-refractivity contribution is 6.38. The van der Waals surface area contributed by atoms with Crippen LogP contribution in [0.25, 0.3) is 22.2 Å². The number of carbonyl (C=O) groups excluding carboxylic acids is 3. The number of benzene rings is 2. The van der Waals surface area contributed by atoms with E-state index < -0.39 is 30.2 Å². The van der Waals surface area contributed by atoms with Gasteiger partial charge in [0, 0.05) is 29.8 Å². The molecule has 2 amide bonds. The van der Waals surface area contributed by atoms with E-state index in [1.54, 1.807) is 66.9 Å². The number of aromatic nitrogens is 3. The summed E-state index contributed by atoms with van der Waals surface area (Å²) in [6.45, 7) is -2.99. The molecule has 0 saturated heterocycles. The number of nitrogens with zero attached hydrogens (tertiary/aromatic N) is 3. The minimum Gasteiger partial charge on any atom is -0.363 e. The van der Waals surface area contributed by atoms with Crippen LogP contribution < -0.4 is 11.1 Å². The third-order valence-electron chi connectivity index (χ3n) is 5.20. The summed E-state index contributed by atoms with van der Waals surface area (Å²) in [5.41, 5.74) is 6.74. The lowest BCUT2D eigenvalue weighted by Gasteiger charge is -2.16. The molecule has 35 heavy (non-hydrogen) atoms. The number of hydrogen-bond acceptors (Lipinski definition) is 5. The van der Waals surface area contributed by atoms with Crippen molar-refractivity contribution in [3.05, 3.63) is 84.2 Å². The number of pyridine rings is 1. The first-order chi connectivity index (χ1) is 16.3. The van der Waals surface area contributed by atoms with E-state index >= 15 is 0 Å². The number of rotatable bonds is 8. The highest BCUT2D eigenvalue weighted by atomic mass is 35.5. The molecule has 0 aliphatic rings. The van der Waals surface area contributed by atoms with Gasteiger partial charge in [0.15, 0.2) is 0 Å². The van der Waals surface area contributed by atoms with E-state index in [4.69, 9.17) is 5.73 Å². The van der Waals surface area contributed by atoms with Crippen LogP contribution in [0.2, 0.25) is 0 Å². The lowest BCUT2D eigenvalue weighted by Crippen LogP contribution is -2.47. The number of carbonyl (C=O) groups is 3. The third-order valence-corrected chi connectivity index (χ3v) is 5.20. The maximum absolute atomic E-state index is 13.4. The second kappa shape index (κ2) is 10.8. The summed E-state index contributed by atoms with van der Waals surface area (Å²) in [6, 6.07) is 15.9. The lowest BCUT2D eigenvalue weighted by atomic mass is 10.0. The molecule has 1 unspecified atom stereocenters. The van der Waals surface area contributed by atoms with E-state index in [0.717, 1.165) is 11.6 Å². The second-order valence-corrected chi connectivity index (χ2v) is 7.50. The Bertz CT molecular complexity index is 1380. The number of ketones is 1. The summed E-state index contributed by atoms with van der Waals surface area (Å²) in [6.07, 6.45) is 2.51. The molecule has 2 aromatic carbocycles. The van der Waals surface area contributed by atoms with Gasteiger partial charge in [-0.15, -0.1) is 12.4 Å². The number of fused-ring (bicyclic) bond motifs is 1. The van der Waals surface area contributed by atoms with E-state index in [1.165, 1.54) is 0 Å². The first-order valence-corrected chi connectivity index (χ1v) is 10.2. The van der Waals surface area contributed by atoms with Gasteiger partial charge < -0.3 is 11.1 Å². The molecule has 3 N–H and O–H groups in total. The zero-order valence-corrected chi connectivity index (χ0v) is 18.9. The molecule has 8 nitrogen and oxygen atoms in total. The summed E-state index contributed by atoms with van der Waals surface area (Å²) in [7, 11) is 0. The van der Waals surface area contributed by atoms with Crippen LogP contribution in [-0.4, -0.2) is 38.4 Å². The Morgan fingerprint density at radius 1 is 1.03 bits per heavy atom. The number of alkyl halides is 2. The first-order valence-electron chi connectivity index (χ1n) is 10.2. The van der Waals surface area contributed by atoms with Gasteiger partial charge in [0.05, 0.1) is 11.1 Å². The van der Waals surface area contributed by atoms with E-state index in [1.807, 2.05) is 0 Å². The molecule has 0 aliphatic carbocycles. The topological polar surface area (TPSA) is 120 Å². The van der Waals surface area contributed by atoms with Crippen LogP contribution in [0.3, 0.4) is 0 Å². The molecule has 11 heteroatoms. The Balaban J connectivity index is 0.00000342. The Hall–Kier alpha value is -4.18. The summed E-state index contributed by atoms with van der Waals surface area (Å²) in [5, 5.41) is 7.08. The zero-order chi connectivity index (χ0) is 24.2. The van der Waals surface area contributed by atoms with Crippen molar-refractivity contribution in [3.63, 3.8) is 0 Å². The fraction of sp³-hybridized carbons (Fsp3) is 0.125. The van der Waals surface area contributed by atoms with Gasteiger partial charge in [0.25, 0.3) is 11.8 Å². The van der Waals surface area contributed by atoms with Crippen molar-refractivity contribution in [2.45, 2.75) is 19.0 Å². The number of amides is 2. The van der Waals surface area contributed by atoms with Gasteiger partial charge in [-0.25, -0.2) is 4.68 Å². The third kappa shape index (κ3) is 5.67. The second-order valence-electron chi connectivity index (χ2n) is 7.50. The van der Waals surface area contributed by atoms with Crippen molar-refractivity contribution < 1.29 is 23.2 Å². The molecular weight excluding hydrogens is 480 g/mol. The Morgan fingerprint density at radius 2 is 1.77 bits per heavy atom. The normalized spacial score (nSPS) is 11.6. The van der Waals surface area contributed by atoms with E-state index in [-0.39, 0.29) is 30.1 Å². The SMILES string of the molecule is Cl.NC(=O)C(=O)C(Cc1ccccc1)NC(=O)c1cn(C(F)F)nc1-c1ccc2ncccc2c1. The van der Waals surface area contributed by atoms with E-state index in [9.17, 15) is 23.2 Å². The molecule has 4 rings (SSSR count). The van der Waals surface area contributed by atoms with Crippen LogP contribution >= 0.6 is 12.4 Å². The van der Waals surface area contributed by atoms with Crippen molar-refractivity contribution in [1.29, 1.82) is 0 Å². The molecule has 2 heterocycles. The van der Waals surface area contributed by atoms with Gasteiger partial charge in [-0.3, -0.25) is 19.4 Å². The smallest absolute Gasteiger partial charge is 0.333 e. The van der Waals surface area contributed by atoms with Crippen LogP contribution in [0.4, 0.5) is 8.78 Å². The number of halogens is 3. The van der Waals surface area contributed by atoms with Gasteiger partial charge in [-0.05, 0) is 23.8 Å². The number of nitrogens with one attached hydrogen (secondary N) is 1. The average molecular weight is 500 g/mol. The average Bonchev–Trinajstić information content (AvgIpc) is 3.29. The number of Topliss-reactive ketones (excluding diaryl/α,β-unsaturated/α-hetero) is 1. The molecular formula is C24H20ClF2N5O3. The minimum absolute atomic E-state index is 0. The van der Waals surface area contributed by atoms with Crippen LogP contribution in [-0.2, 0) is 16.0 Å². The van der Waals surface area contributed by atoms with E-state index in [2.05, 4.69) is 15.4 Å². The van der Waals surface area contributed by atoms with Gasteiger partial charge in [-0.2, -0.15) is 13.9 Å². The van der Waals surface area contributed by atoms with Crippen molar-refractivity contribution in [2.75, 3.05) is 0 Å². The Labute approximate surface area is 204 Å². The van der Waals surface area contributed by atoms with Gasteiger partial charge in [0.1, 0.15) is 11.7 Å². The predicted molar refractivity (Wildman–Crippen MR) is 127 cm³/mol. The molecule has 0 spiro atoms. The standard InChI is InChI=1S/C24H19F2N5O3.ClH/c25-24(26)31-13-17(20(30-31)16-8-9-18-15(12-16)7-4-10-28-18)23(34)29-19(21(32)22(27)33)11-14-5-2-1-3-6-14;/h1-10,12-13,19,24H,11H2,(H2,27,33)(H,29,34);1H. The first kappa shape index (κ1) is 25.4. The molecule has 180 valence electrons. The fourth-order valence-corrected chi connectivity index (χ4v) is 3.56. The summed E-state index contributed by atoms with van der Waals surface area (Å²) >= 11 is 0. The van der Waals surface area contributed by atoms with E-state index in [0.29, 0.717) is 21.3 Å². The van der Waals surface area contributed by atoms with Crippen molar-refractivity contribution in [2.24, 2.45) is 5.73 Å². The summed E-state index contributed by atoms with van der Waals surface area (Å²) in [4.78, 5) is 41.3. The van der Waals surface area contributed by atoms with Crippen LogP contribution in [0.1, 0.15) is 22.5 Å². The molecule has 4 aromatic rings. The molecule has 0 radical (unpaired) electrons. The predicted octanol–water partition coefficient (Wildman–Crippen LogP) is 3.31. The molecule has 0 aliphatic heterocycles. The Kier molecular flexibility index (Phi) is 7.87. The lowest BCUT2D eigenvalue weighted by molar-refractivity contribution is -0.137. The molecule has 0 fully saturated rings. The maximum atomic E-state index is 13.4. The number of primary amides is 1. The summed E-state index contributed by atoms with van der Waals surface area (Å²) in [5.74, 6) is -3.06. The monoisotopic (exact) mass is 499 g/mol. The minimum atomic E-state index is -2.99. The van der Waals surface area contributed by atoms with Gasteiger partial charge in [0.2, 0.25) is 5.78 Å². The molecule has 2 aromatic heterocycles.